The molecule has 0 aliphatic carbocycles. The maximum absolute atomic E-state index is 9.83. The SMILES string of the molecule is CS(=O)(=O)[N-]I.[Li+]. The van der Waals surface area contributed by atoms with Crippen LogP contribution in [0.1, 0.15) is 0 Å². The molecule has 0 aromatic carbocycles. The summed E-state index contributed by atoms with van der Waals surface area (Å²) in [6.45, 7) is 0. The molecule has 0 amide bonds. The molecule has 0 unspecified atom stereocenters. The molecule has 0 saturated carbocycles. The predicted octanol–water partition coefficient (Wildman–Crippen LogP) is -2.33. The van der Waals surface area contributed by atoms with Crippen molar-refractivity contribution in [3.8, 4) is 0 Å². The number of hydrogen-bond acceptors (Lipinski definition) is 2. The van der Waals surface area contributed by atoms with Crippen LogP contribution in [-0.4, -0.2) is 14.7 Å². The molecule has 0 aliphatic heterocycles. The summed E-state index contributed by atoms with van der Waals surface area (Å²) in [6.07, 6.45) is 1.04. The molecule has 0 bridgehead atoms. The summed E-state index contributed by atoms with van der Waals surface area (Å²) >= 11 is 1.43. The molecule has 0 heterocycles. The molecule has 0 aliphatic rings. The standard InChI is InChI=1S/CH3INO2S.Li/c1-6(4,5)3-2;/h1H3;/q-1;+1. The smallest absolute Gasteiger partial charge is 0.488 e. The Kier molecular flexibility index (Phi) is 6.57. The molecule has 0 aromatic rings. The minimum Gasteiger partial charge on any atom is -0.488 e. The van der Waals surface area contributed by atoms with Crippen LogP contribution in [0, 0.1) is 0 Å². The topological polar surface area (TPSA) is 48.2 Å². The van der Waals surface area contributed by atoms with Crippen molar-refractivity contribution < 1.29 is 27.3 Å². The zero-order valence-corrected chi connectivity index (χ0v) is 7.02. The Labute approximate surface area is 69.0 Å². The average Bonchev–Trinajstić information content (AvgIpc) is 1.35. The number of nitrogens with zero attached hydrogens (tertiary/aromatic N) is 1. The summed E-state index contributed by atoms with van der Waals surface area (Å²) in [4.78, 5) is 0. The first kappa shape index (κ1) is 11.1. The maximum atomic E-state index is 9.83. The van der Waals surface area contributed by atoms with E-state index in [-0.39, 0.29) is 18.9 Å². The molecule has 3 nitrogen and oxygen atoms in total. The van der Waals surface area contributed by atoms with Gasteiger partial charge < -0.3 is 2.94 Å². The monoisotopic (exact) mass is 227 g/mol. The van der Waals surface area contributed by atoms with Crippen LogP contribution in [0.25, 0.3) is 2.94 Å². The normalized spacial score (nSPS) is 10.0. The van der Waals surface area contributed by atoms with Gasteiger partial charge in [-0.3, -0.25) is 0 Å². The van der Waals surface area contributed by atoms with Crippen molar-refractivity contribution in [3.05, 3.63) is 2.94 Å². The third-order valence-corrected chi connectivity index (χ3v) is 2.52. The van der Waals surface area contributed by atoms with E-state index in [0.29, 0.717) is 0 Å². The van der Waals surface area contributed by atoms with Crippen LogP contribution < -0.4 is 18.9 Å². The number of halogens is 1. The van der Waals surface area contributed by atoms with E-state index < -0.39 is 10.0 Å². The second-order valence-corrected chi connectivity index (χ2v) is 3.59. The van der Waals surface area contributed by atoms with Gasteiger partial charge in [-0.25, -0.2) is 31.3 Å². The van der Waals surface area contributed by atoms with E-state index in [2.05, 4.69) is 2.94 Å². The summed E-state index contributed by atoms with van der Waals surface area (Å²) < 4.78 is 22.6. The Balaban J connectivity index is 0. The Bertz CT molecular complexity index is 120. The van der Waals surface area contributed by atoms with E-state index in [1.165, 1.54) is 22.9 Å². The van der Waals surface area contributed by atoms with Crippen LogP contribution in [0.5, 0.6) is 0 Å². The van der Waals surface area contributed by atoms with E-state index in [9.17, 15) is 8.42 Å². The molecule has 0 N–H and O–H groups in total. The van der Waals surface area contributed by atoms with Gasteiger partial charge in [0.15, 0.2) is 0 Å². The van der Waals surface area contributed by atoms with Gasteiger partial charge in [-0.2, -0.15) is 0 Å². The summed E-state index contributed by atoms with van der Waals surface area (Å²) in [5.41, 5.74) is 0. The summed E-state index contributed by atoms with van der Waals surface area (Å²) in [6, 6.07) is 0. The molecule has 0 radical (unpaired) electrons. The fourth-order valence-corrected chi connectivity index (χ4v) is 0. The van der Waals surface area contributed by atoms with E-state index >= 15 is 0 Å². The van der Waals surface area contributed by atoms with Gasteiger partial charge in [0.25, 0.3) is 0 Å². The molecular weight excluding hydrogens is 224 g/mol. The van der Waals surface area contributed by atoms with E-state index in [0.717, 1.165) is 6.26 Å². The molecule has 0 spiro atoms. The summed E-state index contributed by atoms with van der Waals surface area (Å²) in [5, 5.41) is 0. The van der Waals surface area contributed by atoms with Crippen LogP contribution in [-0.2, 0) is 10.0 Å². The minimum atomic E-state index is -3.05. The van der Waals surface area contributed by atoms with Crippen molar-refractivity contribution in [2.24, 2.45) is 0 Å². The Morgan fingerprint density at radius 1 is 1.57 bits per heavy atom. The van der Waals surface area contributed by atoms with Gasteiger partial charge in [0, 0.05) is 6.26 Å². The van der Waals surface area contributed by atoms with Crippen molar-refractivity contribution in [1.82, 2.24) is 0 Å². The number of hydrogen-bond donors (Lipinski definition) is 0. The third-order valence-electron chi connectivity index (χ3n) is 0.125. The largest absolute Gasteiger partial charge is 1.00 e. The second-order valence-electron chi connectivity index (χ2n) is 0.802. The van der Waals surface area contributed by atoms with Crippen molar-refractivity contribution in [2.75, 3.05) is 6.26 Å². The first-order chi connectivity index (χ1) is 2.56. The van der Waals surface area contributed by atoms with Gasteiger partial charge in [-0.1, -0.05) is 0 Å². The first-order valence-electron chi connectivity index (χ1n) is 1.09. The van der Waals surface area contributed by atoms with E-state index in [1.54, 1.807) is 0 Å². The Hall–Kier alpha value is 1.24. The van der Waals surface area contributed by atoms with Crippen LogP contribution in [0.3, 0.4) is 0 Å². The minimum absolute atomic E-state index is 0. The molecule has 0 aromatic heterocycles. The van der Waals surface area contributed by atoms with Gasteiger partial charge in [-0.15, -0.1) is 0 Å². The van der Waals surface area contributed by atoms with Crippen molar-refractivity contribution in [3.63, 3.8) is 0 Å². The van der Waals surface area contributed by atoms with Gasteiger partial charge in [0.1, 0.15) is 0 Å². The molecule has 0 atom stereocenters. The van der Waals surface area contributed by atoms with E-state index in [4.69, 9.17) is 0 Å². The Morgan fingerprint density at radius 3 is 1.71 bits per heavy atom. The molecule has 7 heavy (non-hydrogen) atoms. The van der Waals surface area contributed by atoms with Gasteiger partial charge in [-0.05, 0) is 0 Å². The second kappa shape index (κ2) is 4.15. The number of sulfonamides is 1. The molecule has 0 rings (SSSR count). The van der Waals surface area contributed by atoms with Crippen molar-refractivity contribution >= 4 is 32.9 Å². The van der Waals surface area contributed by atoms with E-state index in [1.807, 2.05) is 0 Å². The fourth-order valence-electron chi connectivity index (χ4n) is 0. The first-order valence-corrected chi connectivity index (χ1v) is 3.91. The van der Waals surface area contributed by atoms with Crippen LogP contribution >= 0.6 is 22.9 Å². The molecule has 38 valence electrons. The predicted molar refractivity (Wildman–Crippen MR) is 32.2 cm³/mol. The summed E-state index contributed by atoms with van der Waals surface area (Å²) in [5.74, 6) is 0. The van der Waals surface area contributed by atoms with Crippen LogP contribution in [0.4, 0.5) is 0 Å². The molecule has 0 fully saturated rings. The summed E-state index contributed by atoms with van der Waals surface area (Å²) in [7, 11) is -3.05. The fraction of sp³-hybridized carbons (Fsp3) is 1.00. The number of rotatable bonds is 1. The zero-order chi connectivity index (χ0) is 5.21. The van der Waals surface area contributed by atoms with Crippen molar-refractivity contribution in [2.45, 2.75) is 0 Å². The third kappa shape index (κ3) is 11.1. The average molecular weight is 227 g/mol. The Morgan fingerprint density at radius 2 is 1.71 bits per heavy atom. The van der Waals surface area contributed by atoms with Gasteiger partial charge >= 0.3 is 18.9 Å². The van der Waals surface area contributed by atoms with Crippen LogP contribution in [0.2, 0.25) is 0 Å². The van der Waals surface area contributed by atoms with Crippen LogP contribution in [0.15, 0.2) is 0 Å². The quantitative estimate of drug-likeness (QED) is 0.372. The zero-order valence-electron chi connectivity index (χ0n) is 4.05. The molecule has 6 heteroatoms. The maximum Gasteiger partial charge on any atom is 1.00 e. The molecular formula is CH3ILiNO2S. The van der Waals surface area contributed by atoms with Gasteiger partial charge in [0.05, 0.1) is 10.0 Å². The van der Waals surface area contributed by atoms with Crippen molar-refractivity contribution in [1.29, 1.82) is 0 Å². The molecule has 0 saturated heterocycles. The van der Waals surface area contributed by atoms with Gasteiger partial charge in [0.2, 0.25) is 0 Å².